The molecule has 0 aliphatic carbocycles. The fourth-order valence-electron chi connectivity index (χ4n) is 5.26. The topological polar surface area (TPSA) is 114 Å². The average Bonchev–Trinajstić information content (AvgIpc) is 3.58. The molecule has 1 aromatic heterocycles. The van der Waals surface area contributed by atoms with Crippen molar-refractivity contribution in [3.63, 3.8) is 0 Å². The Balaban J connectivity index is 1.39. The highest BCUT2D eigenvalue weighted by molar-refractivity contribution is 7.89. The van der Waals surface area contributed by atoms with Crippen molar-refractivity contribution in [2.24, 2.45) is 5.73 Å². The maximum absolute atomic E-state index is 13.6. The maximum atomic E-state index is 13.6. The Labute approximate surface area is 254 Å². The number of halogens is 3. The number of anilines is 1. The highest BCUT2D eigenvalue weighted by Crippen LogP contribution is 2.38. The molecule has 232 valence electrons. The van der Waals surface area contributed by atoms with E-state index in [1.807, 2.05) is 26.0 Å². The first kappa shape index (κ1) is 31.4. The zero-order valence-corrected chi connectivity index (χ0v) is 25.1. The Morgan fingerprint density at radius 1 is 1.02 bits per heavy atom. The van der Waals surface area contributed by atoms with E-state index in [1.54, 1.807) is 48.5 Å². The summed E-state index contributed by atoms with van der Waals surface area (Å²) in [5.41, 5.74) is 7.28. The molecule has 9 nitrogen and oxygen atoms in total. The van der Waals surface area contributed by atoms with Gasteiger partial charge in [0.1, 0.15) is 5.69 Å². The zero-order valence-electron chi connectivity index (χ0n) is 24.3. The zero-order chi connectivity index (χ0) is 31.6. The summed E-state index contributed by atoms with van der Waals surface area (Å²) in [6.07, 6.45) is -4.76. The molecule has 0 radical (unpaired) electrons. The number of fused-ring (bicyclic) bond motifs is 1. The van der Waals surface area contributed by atoms with Gasteiger partial charge < -0.3 is 16.0 Å². The summed E-state index contributed by atoms with van der Waals surface area (Å²) in [7, 11) is -3.72. The van der Waals surface area contributed by atoms with Crippen LogP contribution in [0.2, 0.25) is 0 Å². The van der Waals surface area contributed by atoms with Crippen molar-refractivity contribution < 1.29 is 26.4 Å². The lowest BCUT2D eigenvalue weighted by atomic mass is 10.0. The largest absolute Gasteiger partial charge is 0.435 e. The predicted octanol–water partition coefficient (Wildman–Crippen LogP) is 5.12. The maximum Gasteiger partial charge on any atom is 0.435 e. The van der Waals surface area contributed by atoms with Gasteiger partial charge in [0.15, 0.2) is 5.69 Å². The quantitative estimate of drug-likeness (QED) is 0.253. The molecule has 1 aliphatic heterocycles. The van der Waals surface area contributed by atoms with E-state index in [2.05, 4.69) is 15.3 Å². The van der Waals surface area contributed by atoms with E-state index in [-0.39, 0.29) is 22.8 Å². The highest BCUT2D eigenvalue weighted by Gasteiger charge is 2.37. The normalized spacial score (nSPS) is 14.6. The number of benzene rings is 3. The number of rotatable bonds is 10. The van der Waals surface area contributed by atoms with Crippen LogP contribution in [0.3, 0.4) is 0 Å². The molecular formula is C31H33F3N6O3S. The van der Waals surface area contributed by atoms with Gasteiger partial charge in [-0.2, -0.15) is 22.6 Å². The Hall–Kier alpha value is -4.04. The number of hydrogen-bond acceptors (Lipinski definition) is 6. The Bertz CT molecular complexity index is 1770. The number of carbonyl (C=O) groups is 1. The van der Waals surface area contributed by atoms with Crippen LogP contribution >= 0.6 is 0 Å². The highest BCUT2D eigenvalue weighted by atomic mass is 32.2. The number of nitrogens with two attached hydrogens (primary N) is 1. The van der Waals surface area contributed by atoms with Crippen molar-refractivity contribution in [2.45, 2.75) is 38.0 Å². The van der Waals surface area contributed by atoms with E-state index >= 15 is 0 Å². The van der Waals surface area contributed by atoms with Gasteiger partial charge in [-0.25, -0.2) is 13.1 Å². The van der Waals surface area contributed by atoms with Gasteiger partial charge in [-0.15, -0.1) is 0 Å². The van der Waals surface area contributed by atoms with Crippen molar-refractivity contribution >= 4 is 21.6 Å². The molecule has 4 aromatic rings. The van der Waals surface area contributed by atoms with E-state index in [0.717, 1.165) is 17.8 Å². The number of amides is 1. The van der Waals surface area contributed by atoms with Gasteiger partial charge in [0.2, 0.25) is 10.0 Å². The lowest BCUT2D eigenvalue weighted by Gasteiger charge is -2.22. The molecule has 0 fully saturated rings. The van der Waals surface area contributed by atoms with Gasteiger partial charge >= 0.3 is 6.18 Å². The van der Waals surface area contributed by atoms with Gasteiger partial charge in [0.05, 0.1) is 10.6 Å². The van der Waals surface area contributed by atoms with Crippen LogP contribution in [0.25, 0.3) is 16.8 Å². The summed E-state index contributed by atoms with van der Waals surface area (Å²) in [5, 5.41) is 6.29. The summed E-state index contributed by atoms with van der Waals surface area (Å²) in [6.45, 7) is 7.21. The molecule has 0 saturated carbocycles. The molecular weight excluding hydrogens is 593 g/mol. The third-order valence-corrected chi connectivity index (χ3v) is 9.67. The molecule has 2 heterocycles. The number of aromatic nitrogens is 2. The molecule has 5 rings (SSSR count). The second-order valence-corrected chi connectivity index (χ2v) is 12.3. The van der Waals surface area contributed by atoms with Gasteiger partial charge in [-0.05, 0) is 54.0 Å². The molecule has 1 amide bonds. The average molecular weight is 627 g/mol. The molecule has 0 saturated heterocycles. The summed E-state index contributed by atoms with van der Waals surface area (Å²) >= 11 is 0. The minimum atomic E-state index is -4.76. The van der Waals surface area contributed by atoms with E-state index < -0.39 is 27.8 Å². The van der Waals surface area contributed by atoms with Crippen LogP contribution in [0.15, 0.2) is 77.7 Å². The Kier molecular flexibility index (Phi) is 8.93. The molecule has 3 N–H and O–H groups in total. The first-order chi connectivity index (χ1) is 21.0. The molecule has 44 heavy (non-hydrogen) atoms. The number of alkyl halides is 3. The van der Waals surface area contributed by atoms with Crippen LogP contribution in [0.4, 0.5) is 18.9 Å². The summed E-state index contributed by atoms with van der Waals surface area (Å²) in [5.74, 6) is -0.800. The number of carbonyl (C=O) groups excluding carboxylic acids is 1. The second-order valence-electron chi connectivity index (χ2n) is 10.4. The number of sulfonamides is 1. The number of nitrogens with zero attached hydrogens (tertiary/aromatic N) is 4. The van der Waals surface area contributed by atoms with E-state index in [1.165, 1.54) is 10.4 Å². The van der Waals surface area contributed by atoms with Crippen molar-refractivity contribution in [3.8, 4) is 16.8 Å². The standard InChI is InChI=1S/C31H33F3N6O3S/c1-3-38(4-2)15-16-39-20-23-8-6-10-26(29(23)44(39,42)43)22-11-13-24(14-12-22)36-30(41)27-18-28(31(32,33)34)37-40(27)25-9-5-7-21(17-25)19-35/h5-14,17-18H,3-4,15-16,19-20,35H2,1-2H3,(H,36,41). The summed E-state index contributed by atoms with van der Waals surface area (Å²) < 4.78 is 70.2. The number of nitrogens with one attached hydrogen (secondary N) is 1. The monoisotopic (exact) mass is 626 g/mol. The molecule has 0 bridgehead atoms. The molecule has 0 spiro atoms. The fourth-order valence-corrected chi connectivity index (χ4v) is 7.08. The van der Waals surface area contributed by atoms with Gasteiger partial charge in [0.25, 0.3) is 5.91 Å². The number of likely N-dealkylation sites (N-methyl/N-ethyl adjacent to an activating group) is 1. The fraction of sp³-hybridized carbons (Fsp3) is 0.290. The van der Waals surface area contributed by atoms with Crippen molar-refractivity contribution in [1.82, 2.24) is 19.0 Å². The smallest absolute Gasteiger partial charge is 0.326 e. The molecule has 1 aliphatic rings. The third kappa shape index (κ3) is 6.27. The summed E-state index contributed by atoms with van der Waals surface area (Å²) in [4.78, 5) is 15.7. The van der Waals surface area contributed by atoms with Gasteiger partial charge in [-0.1, -0.05) is 56.3 Å². The number of hydrogen-bond donors (Lipinski definition) is 2. The van der Waals surface area contributed by atoms with Crippen LogP contribution in [-0.2, 0) is 29.3 Å². The Morgan fingerprint density at radius 2 is 1.73 bits per heavy atom. The van der Waals surface area contributed by atoms with Crippen LogP contribution in [0.5, 0.6) is 0 Å². The van der Waals surface area contributed by atoms with Crippen molar-refractivity contribution in [2.75, 3.05) is 31.5 Å². The van der Waals surface area contributed by atoms with E-state index in [0.29, 0.717) is 53.6 Å². The van der Waals surface area contributed by atoms with Gasteiger partial charge in [0, 0.05) is 43.5 Å². The minimum absolute atomic E-state index is 0.162. The SMILES string of the molecule is CCN(CC)CCN1Cc2cccc(-c3ccc(NC(=O)c4cc(C(F)(F)F)nn4-c4cccc(CN)c4)cc3)c2S1(=O)=O. The predicted molar refractivity (Wildman–Crippen MR) is 162 cm³/mol. The van der Waals surface area contributed by atoms with Crippen LogP contribution < -0.4 is 11.1 Å². The second kappa shape index (κ2) is 12.5. The van der Waals surface area contributed by atoms with E-state index in [4.69, 9.17) is 5.73 Å². The molecule has 0 unspecified atom stereocenters. The molecule has 0 atom stereocenters. The molecule has 13 heteroatoms. The van der Waals surface area contributed by atoms with Gasteiger partial charge in [-0.3, -0.25) is 4.79 Å². The third-order valence-electron chi connectivity index (χ3n) is 7.68. The molecule has 3 aromatic carbocycles. The Morgan fingerprint density at radius 3 is 2.39 bits per heavy atom. The first-order valence-electron chi connectivity index (χ1n) is 14.2. The van der Waals surface area contributed by atoms with Crippen molar-refractivity contribution in [3.05, 3.63) is 95.3 Å². The first-order valence-corrected chi connectivity index (χ1v) is 15.6. The lowest BCUT2D eigenvalue weighted by Crippen LogP contribution is -2.35. The van der Waals surface area contributed by atoms with Crippen LogP contribution in [0.1, 0.15) is 41.2 Å². The van der Waals surface area contributed by atoms with Crippen LogP contribution in [-0.4, -0.2) is 59.5 Å². The van der Waals surface area contributed by atoms with Crippen LogP contribution in [0, 0.1) is 0 Å². The van der Waals surface area contributed by atoms with Crippen molar-refractivity contribution in [1.29, 1.82) is 0 Å². The summed E-state index contributed by atoms with van der Waals surface area (Å²) in [6, 6.07) is 19.0. The minimum Gasteiger partial charge on any atom is -0.326 e. The lowest BCUT2D eigenvalue weighted by molar-refractivity contribution is -0.141. The van der Waals surface area contributed by atoms with E-state index in [9.17, 15) is 26.4 Å².